The van der Waals surface area contributed by atoms with Gasteiger partial charge in [0.2, 0.25) is 5.91 Å². The average Bonchev–Trinajstić information content (AvgIpc) is 3.13. The summed E-state index contributed by atoms with van der Waals surface area (Å²) in [6, 6.07) is 0.777. The Morgan fingerprint density at radius 1 is 1.19 bits per heavy atom. The third-order valence-electron chi connectivity index (χ3n) is 3.30. The minimum atomic E-state index is 0.224. The smallest absolute Gasteiger partial charge is 0.223 e. The van der Waals surface area contributed by atoms with E-state index in [4.69, 9.17) is 0 Å². The zero-order valence-corrected chi connectivity index (χ0v) is 9.87. The average molecular weight is 222 g/mol. The van der Waals surface area contributed by atoms with Crippen LogP contribution in [0.15, 0.2) is 12.2 Å². The fourth-order valence-electron chi connectivity index (χ4n) is 2.07. The standard InChI is InChI=1S/C13H22N2O/c16-13(11-5-2-1-3-6-11)15-10-4-9-14-12-7-8-12/h1-2,11-12,14H,3-10H2,(H,15,16). The molecule has 0 aromatic carbocycles. The normalized spacial score (nSPS) is 24.4. The molecule has 3 heteroatoms. The van der Waals surface area contributed by atoms with E-state index in [2.05, 4.69) is 22.8 Å². The Bertz CT molecular complexity index is 259. The molecule has 0 aromatic rings. The van der Waals surface area contributed by atoms with Gasteiger partial charge in [0.15, 0.2) is 0 Å². The second-order valence-electron chi connectivity index (χ2n) is 4.85. The summed E-state index contributed by atoms with van der Waals surface area (Å²) >= 11 is 0. The number of amides is 1. The fourth-order valence-corrected chi connectivity index (χ4v) is 2.07. The SMILES string of the molecule is O=C(NCCCNC1CC1)C1CC=CCC1. The third kappa shape index (κ3) is 3.97. The van der Waals surface area contributed by atoms with Crippen molar-refractivity contribution in [3.63, 3.8) is 0 Å². The Kier molecular flexibility index (Phi) is 4.40. The van der Waals surface area contributed by atoms with Crippen molar-refractivity contribution in [3.8, 4) is 0 Å². The molecular formula is C13H22N2O. The summed E-state index contributed by atoms with van der Waals surface area (Å²) in [6.07, 6.45) is 11.0. The van der Waals surface area contributed by atoms with E-state index in [9.17, 15) is 4.79 Å². The van der Waals surface area contributed by atoms with Crippen LogP contribution in [0.4, 0.5) is 0 Å². The highest BCUT2D eigenvalue weighted by Gasteiger charge is 2.20. The van der Waals surface area contributed by atoms with Gasteiger partial charge in [-0.1, -0.05) is 12.2 Å². The van der Waals surface area contributed by atoms with Gasteiger partial charge < -0.3 is 10.6 Å². The Morgan fingerprint density at radius 3 is 2.75 bits per heavy atom. The summed E-state index contributed by atoms with van der Waals surface area (Å²) in [5.74, 6) is 0.470. The second kappa shape index (κ2) is 6.04. The molecule has 0 bridgehead atoms. The molecule has 3 nitrogen and oxygen atoms in total. The zero-order chi connectivity index (χ0) is 11.2. The molecular weight excluding hydrogens is 200 g/mol. The second-order valence-corrected chi connectivity index (χ2v) is 4.85. The van der Waals surface area contributed by atoms with Gasteiger partial charge in [-0.05, 0) is 45.1 Å². The van der Waals surface area contributed by atoms with Crippen LogP contribution in [0.2, 0.25) is 0 Å². The Morgan fingerprint density at radius 2 is 2.06 bits per heavy atom. The molecule has 2 aliphatic rings. The van der Waals surface area contributed by atoms with Crippen LogP contribution in [0.5, 0.6) is 0 Å². The lowest BCUT2D eigenvalue weighted by molar-refractivity contribution is -0.125. The quantitative estimate of drug-likeness (QED) is 0.529. The number of hydrogen-bond donors (Lipinski definition) is 2. The van der Waals surface area contributed by atoms with Gasteiger partial charge in [0.25, 0.3) is 0 Å². The molecule has 1 amide bonds. The van der Waals surface area contributed by atoms with Gasteiger partial charge in [0.1, 0.15) is 0 Å². The van der Waals surface area contributed by atoms with E-state index >= 15 is 0 Å². The maximum atomic E-state index is 11.7. The van der Waals surface area contributed by atoms with Crippen LogP contribution in [0, 0.1) is 5.92 Å². The molecule has 2 N–H and O–H groups in total. The molecule has 1 atom stereocenters. The number of hydrogen-bond acceptors (Lipinski definition) is 2. The third-order valence-corrected chi connectivity index (χ3v) is 3.30. The molecule has 2 aliphatic carbocycles. The molecule has 0 spiro atoms. The van der Waals surface area contributed by atoms with Gasteiger partial charge in [0.05, 0.1) is 0 Å². The van der Waals surface area contributed by atoms with Crippen molar-refractivity contribution < 1.29 is 4.79 Å². The van der Waals surface area contributed by atoms with Crippen molar-refractivity contribution in [3.05, 3.63) is 12.2 Å². The summed E-state index contributed by atoms with van der Waals surface area (Å²) in [5.41, 5.74) is 0. The van der Waals surface area contributed by atoms with Crippen LogP contribution in [0.3, 0.4) is 0 Å². The highest BCUT2D eigenvalue weighted by atomic mass is 16.1. The van der Waals surface area contributed by atoms with E-state index in [-0.39, 0.29) is 11.8 Å². The van der Waals surface area contributed by atoms with E-state index in [1.165, 1.54) is 12.8 Å². The lowest BCUT2D eigenvalue weighted by Gasteiger charge is -2.17. The van der Waals surface area contributed by atoms with Crippen LogP contribution in [0.1, 0.15) is 38.5 Å². The number of nitrogens with one attached hydrogen (secondary N) is 2. The van der Waals surface area contributed by atoms with Crippen LogP contribution in [-0.4, -0.2) is 25.0 Å². The van der Waals surface area contributed by atoms with Crippen LogP contribution < -0.4 is 10.6 Å². The summed E-state index contributed by atoms with van der Waals surface area (Å²) in [5, 5.41) is 6.48. The largest absolute Gasteiger partial charge is 0.356 e. The Hall–Kier alpha value is -0.830. The van der Waals surface area contributed by atoms with Gasteiger partial charge in [-0.25, -0.2) is 0 Å². The van der Waals surface area contributed by atoms with Crippen molar-refractivity contribution >= 4 is 5.91 Å². The summed E-state index contributed by atoms with van der Waals surface area (Å²) < 4.78 is 0. The van der Waals surface area contributed by atoms with Crippen LogP contribution in [-0.2, 0) is 4.79 Å². The highest BCUT2D eigenvalue weighted by molar-refractivity contribution is 5.78. The van der Waals surface area contributed by atoms with E-state index < -0.39 is 0 Å². The molecule has 0 saturated heterocycles. The van der Waals surface area contributed by atoms with Crippen molar-refractivity contribution in [2.24, 2.45) is 5.92 Å². The molecule has 16 heavy (non-hydrogen) atoms. The lowest BCUT2D eigenvalue weighted by Crippen LogP contribution is -2.33. The molecule has 1 unspecified atom stereocenters. The number of allylic oxidation sites excluding steroid dienone is 2. The molecule has 1 fully saturated rings. The van der Waals surface area contributed by atoms with Crippen LogP contribution in [0.25, 0.3) is 0 Å². The van der Waals surface area contributed by atoms with Crippen molar-refractivity contribution in [1.29, 1.82) is 0 Å². The first-order valence-corrected chi connectivity index (χ1v) is 6.52. The number of carbonyl (C=O) groups excluding carboxylic acids is 1. The fraction of sp³-hybridized carbons (Fsp3) is 0.769. The summed E-state index contributed by atoms with van der Waals surface area (Å²) in [6.45, 7) is 1.86. The molecule has 0 radical (unpaired) electrons. The first-order valence-electron chi connectivity index (χ1n) is 6.52. The first kappa shape index (κ1) is 11.6. The first-order chi connectivity index (χ1) is 7.86. The van der Waals surface area contributed by atoms with E-state index in [1.54, 1.807) is 0 Å². The molecule has 1 saturated carbocycles. The van der Waals surface area contributed by atoms with Crippen molar-refractivity contribution in [2.45, 2.75) is 44.6 Å². The van der Waals surface area contributed by atoms with Crippen molar-refractivity contribution in [1.82, 2.24) is 10.6 Å². The Balaban J connectivity index is 1.50. The van der Waals surface area contributed by atoms with E-state index in [1.807, 2.05) is 0 Å². The van der Waals surface area contributed by atoms with Crippen molar-refractivity contribution in [2.75, 3.05) is 13.1 Å². The van der Waals surface area contributed by atoms with Gasteiger partial charge in [-0.15, -0.1) is 0 Å². The maximum Gasteiger partial charge on any atom is 0.223 e. The van der Waals surface area contributed by atoms with Gasteiger partial charge in [-0.2, -0.15) is 0 Å². The minimum Gasteiger partial charge on any atom is -0.356 e. The highest BCUT2D eigenvalue weighted by Crippen LogP contribution is 2.18. The summed E-state index contributed by atoms with van der Waals surface area (Å²) in [7, 11) is 0. The van der Waals surface area contributed by atoms with Gasteiger partial charge in [0, 0.05) is 18.5 Å². The molecule has 0 aromatic heterocycles. The molecule has 90 valence electrons. The van der Waals surface area contributed by atoms with E-state index in [0.717, 1.165) is 44.8 Å². The van der Waals surface area contributed by atoms with E-state index in [0.29, 0.717) is 0 Å². The Labute approximate surface area is 97.7 Å². The number of rotatable bonds is 6. The lowest BCUT2D eigenvalue weighted by atomic mass is 9.94. The maximum absolute atomic E-state index is 11.7. The predicted octanol–water partition coefficient (Wildman–Crippen LogP) is 1.60. The minimum absolute atomic E-state index is 0.224. The number of carbonyl (C=O) groups is 1. The zero-order valence-electron chi connectivity index (χ0n) is 9.87. The molecule has 0 aliphatic heterocycles. The predicted molar refractivity (Wildman–Crippen MR) is 65.1 cm³/mol. The van der Waals surface area contributed by atoms with Gasteiger partial charge in [-0.3, -0.25) is 4.79 Å². The topological polar surface area (TPSA) is 41.1 Å². The van der Waals surface area contributed by atoms with Gasteiger partial charge >= 0.3 is 0 Å². The van der Waals surface area contributed by atoms with Crippen LogP contribution >= 0.6 is 0 Å². The monoisotopic (exact) mass is 222 g/mol. The molecule has 0 heterocycles. The summed E-state index contributed by atoms with van der Waals surface area (Å²) in [4.78, 5) is 11.7. The molecule has 2 rings (SSSR count).